The molecule has 0 spiro atoms. The smallest absolute Gasteiger partial charge is 0.239 e. The Morgan fingerprint density at radius 2 is 1.87 bits per heavy atom. The summed E-state index contributed by atoms with van der Waals surface area (Å²) in [5.74, 6) is -0.483. The van der Waals surface area contributed by atoms with Gasteiger partial charge >= 0.3 is 0 Å². The van der Waals surface area contributed by atoms with Crippen LogP contribution in [0.1, 0.15) is 52.4 Å². The molecule has 0 radical (unpaired) electrons. The van der Waals surface area contributed by atoms with E-state index in [2.05, 4.69) is 13.8 Å². The van der Waals surface area contributed by atoms with E-state index >= 15 is 0 Å². The molecule has 130 valence electrons. The van der Waals surface area contributed by atoms with Crippen molar-refractivity contribution in [1.82, 2.24) is 0 Å². The summed E-state index contributed by atoms with van der Waals surface area (Å²) in [4.78, 5) is 0. The topological polar surface area (TPSA) is 58.9 Å². The molecular weight excluding hydrogens is 292 g/mol. The molecule has 3 unspecified atom stereocenters. The quantitative estimate of drug-likeness (QED) is 0.647. The van der Waals surface area contributed by atoms with E-state index in [1.165, 1.54) is 12.8 Å². The lowest BCUT2D eigenvalue weighted by Gasteiger charge is -2.51. The minimum Gasteiger partial charge on any atom is -0.459 e. The average molecular weight is 322 g/mol. The van der Waals surface area contributed by atoms with Crippen molar-refractivity contribution >= 4 is 0 Å². The molecule has 0 aliphatic heterocycles. The normalized spacial score (nSPS) is 28.2. The lowest BCUT2D eigenvalue weighted by Crippen LogP contribution is -2.68. The van der Waals surface area contributed by atoms with Gasteiger partial charge in [0, 0.05) is 13.0 Å². The van der Waals surface area contributed by atoms with E-state index < -0.39 is 11.4 Å². The van der Waals surface area contributed by atoms with Crippen molar-refractivity contribution < 1.29 is 19.7 Å². The molecule has 1 saturated carbocycles. The molecule has 2 N–H and O–H groups in total. The minimum atomic E-state index is -1.56. The van der Waals surface area contributed by atoms with Crippen molar-refractivity contribution in [3.63, 3.8) is 0 Å². The Bertz CT molecular complexity index is 464. The molecule has 1 aromatic rings. The van der Waals surface area contributed by atoms with Crippen LogP contribution in [-0.2, 0) is 4.74 Å². The maximum absolute atomic E-state index is 10.7. The van der Waals surface area contributed by atoms with Gasteiger partial charge in [0.1, 0.15) is 5.75 Å². The summed E-state index contributed by atoms with van der Waals surface area (Å²) in [5.41, 5.74) is -1.33. The highest BCUT2D eigenvalue weighted by molar-refractivity contribution is 5.23. The zero-order chi connectivity index (χ0) is 16.8. The summed E-state index contributed by atoms with van der Waals surface area (Å²) in [6.45, 7) is 5.08. The van der Waals surface area contributed by atoms with Crippen molar-refractivity contribution in [3.05, 3.63) is 30.3 Å². The lowest BCUT2D eigenvalue weighted by molar-refractivity contribution is -0.329. The van der Waals surface area contributed by atoms with E-state index in [-0.39, 0.29) is 6.61 Å². The van der Waals surface area contributed by atoms with Crippen LogP contribution in [0.2, 0.25) is 0 Å². The van der Waals surface area contributed by atoms with E-state index in [1.54, 1.807) is 12.1 Å². The van der Waals surface area contributed by atoms with Gasteiger partial charge in [-0.3, -0.25) is 0 Å². The van der Waals surface area contributed by atoms with Gasteiger partial charge in [0.15, 0.2) is 5.60 Å². The Balaban J connectivity index is 1.84. The monoisotopic (exact) mass is 322 g/mol. The number of unbranched alkanes of at least 4 members (excludes halogenated alkanes) is 1. The van der Waals surface area contributed by atoms with Crippen LogP contribution in [0.5, 0.6) is 5.75 Å². The first-order valence-electron chi connectivity index (χ1n) is 8.79. The largest absolute Gasteiger partial charge is 0.459 e. The first-order valence-corrected chi connectivity index (χ1v) is 8.79. The maximum Gasteiger partial charge on any atom is 0.239 e. The van der Waals surface area contributed by atoms with Gasteiger partial charge in [0.05, 0.1) is 6.61 Å². The first-order chi connectivity index (χ1) is 11.0. The second-order valence-corrected chi connectivity index (χ2v) is 6.66. The van der Waals surface area contributed by atoms with Gasteiger partial charge in [-0.1, -0.05) is 51.3 Å². The molecule has 1 aromatic carbocycles. The molecule has 1 aliphatic carbocycles. The molecule has 0 heterocycles. The molecule has 4 heteroatoms. The van der Waals surface area contributed by atoms with Gasteiger partial charge in [-0.2, -0.15) is 0 Å². The van der Waals surface area contributed by atoms with Crippen molar-refractivity contribution in [2.75, 3.05) is 13.2 Å². The summed E-state index contributed by atoms with van der Waals surface area (Å²) in [6, 6.07) is 9.11. The van der Waals surface area contributed by atoms with Gasteiger partial charge in [0.25, 0.3) is 0 Å². The Morgan fingerprint density at radius 1 is 1.13 bits per heavy atom. The van der Waals surface area contributed by atoms with Crippen molar-refractivity contribution in [2.45, 2.75) is 63.8 Å². The van der Waals surface area contributed by atoms with Crippen LogP contribution >= 0.6 is 0 Å². The summed E-state index contributed by atoms with van der Waals surface area (Å²) >= 11 is 0. The highest BCUT2D eigenvalue weighted by atomic mass is 16.6. The fourth-order valence-electron chi connectivity index (χ4n) is 2.93. The van der Waals surface area contributed by atoms with Gasteiger partial charge in [-0.15, -0.1) is 0 Å². The van der Waals surface area contributed by atoms with E-state index in [4.69, 9.17) is 9.47 Å². The third-order valence-electron chi connectivity index (χ3n) is 4.87. The number of benzene rings is 1. The standard InChI is InChI=1S/C19H30O4/c1-3-5-9-16(4-2)14-22-15-18(20)12-13-19(18,21)23-17-10-7-6-8-11-17/h6-8,10-11,16,20-21H,3-5,9,12-15H2,1-2H3. The third kappa shape index (κ3) is 4.46. The van der Waals surface area contributed by atoms with Crippen LogP contribution in [0, 0.1) is 5.92 Å². The van der Waals surface area contributed by atoms with Gasteiger partial charge in [-0.05, 0) is 30.9 Å². The number of ether oxygens (including phenoxy) is 2. The zero-order valence-electron chi connectivity index (χ0n) is 14.3. The molecule has 1 fully saturated rings. The predicted octanol–water partition coefficient (Wildman–Crippen LogP) is 3.51. The first kappa shape index (κ1) is 18.2. The van der Waals surface area contributed by atoms with Gasteiger partial charge in [0.2, 0.25) is 5.79 Å². The van der Waals surface area contributed by atoms with Gasteiger partial charge in [-0.25, -0.2) is 0 Å². The average Bonchev–Trinajstić information content (AvgIpc) is 2.57. The predicted molar refractivity (Wildman–Crippen MR) is 90.3 cm³/mol. The fraction of sp³-hybridized carbons (Fsp3) is 0.684. The van der Waals surface area contributed by atoms with Crippen molar-refractivity contribution in [2.24, 2.45) is 5.92 Å². The van der Waals surface area contributed by atoms with E-state index in [9.17, 15) is 10.2 Å². The molecule has 0 saturated heterocycles. The second kappa shape index (κ2) is 8.13. The van der Waals surface area contributed by atoms with Crippen LogP contribution < -0.4 is 4.74 Å². The maximum atomic E-state index is 10.7. The van der Waals surface area contributed by atoms with Crippen LogP contribution in [0.25, 0.3) is 0 Å². The Hall–Kier alpha value is -1.10. The Kier molecular flexibility index (Phi) is 6.45. The Labute approximate surface area is 139 Å². The Morgan fingerprint density at radius 3 is 2.43 bits per heavy atom. The molecule has 0 amide bonds. The highest BCUT2D eigenvalue weighted by Crippen LogP contribution is 2.44. The summed E-state index contributed by atoms with van der Waals surface area (Å²) in [6.07, 6.45) is 5.51. The van der Waals surface area contributed by atoms with Gasteiger partial charge < -0.3 is 19.7 Å². The summed E-state index contributed by atoms with van der Waals surface area (Å²) in [5, 5.41) is 21.2. The van der Waals surface area contributed by atoms with Crippen LogP contribution in [0.4, 0.5) is 0 Å². The number of hydrogen-bond acceptors (Lipinski definition) is 4. The third-order valence-corrected chi connectivity index (χ3v) is 4.87. The molecule has 0 aromatic heterocycles. The van der Waals surface area contributed by atoms with Crippen molar-refractivity contribution in [1.29, 1.82) is 0 Å². The molecule has 23 heavy (non-hydrogen) atoms. The summed E-state index contributed by atoms with van der Waals surface area (Å²) in [7, 11) is 0. The van der Waals surface area contributed by atoms with E-state index in [0.29, 0.717) is 31.1 Å². The lowest BCUT2D eigenvalue weighted by atomic mass is 9.73. The number of hydrogen-bond donors (Lipinski definition) is 2. The number of aliphatic hydroxyl groups is 2. The summed E-state index contributed by atoms with van der Waals surface area (Å²) < 4.78 is 11.4. The molecular formula is C19H30O4. The van der Waals surface area contributed by atoms with Crippen LogP contribution in [0.3, 0.4) is 0 Å². The molecule has 4 nitrogen and oxygen atoms in total. The highest BCUT2D eigenvalue weighted by Gasteiger charge is 2.60. The molecule has 3 atom stereocenters. The van der Waals surface area contributed by atoms with E-state index in [0.717, 1.165) is 12.8 Å². The molecule has 1 aliphatic rings. The number of rotatable bonds is 10. The fourth-order valence-corrected chi connectivity index (χ4v) is 2.93. The molecule has 2 rings (SSSR count). The number of para-hydroxylation sites is 1. The molecule has 0 bridgehead atoms. The van der Waals surface area contributed by atoms with E-state index in [1.807, 2.05) is 18.2 Å². The SMILES string of the molecule is CCCCC(CC)COCC1(O)CCC1(O)Oc1ccccc1. The van der Waals surface area contributed by atoms with Crippen LogP contribution in [0.15, 0.2) is 30.3 Å². The van der Waals surface area contributed by atoms with Crippen LogP contribution in [-0.4, -0.2) is 34.8 Å². The minimum absolute atomic E-state index is 0.110. The van der Waals surface area contributed by atoms with Crippen molar-refractivity contribution in [3.8, 4) is 5.75 Å². The zero-order valence-corrected chi connectivity index (χ0v) is 14.3. The second-order valence-electron chi connectivity index (χ2n) is 6.66.